The van der Waals surface area contributed by atoms with E-state index in [1.54, 1.807) is 0 Å². The molecule has 0 aliphatic heterocycles. The van der Waals surface area contributed by atoms with Crippen LogP contribution < -0.4 is 5.19 Å². The van der Waals surface area contributed by atoms with E-state index in [9.17, 15) is 29.7 Å². The monoisotopic (exact) mass is 2450 g/mol. The Balaban J connectivity index is 0.000000236. The summed E-state index contributed by atoms with van der Waals surface area (Å²) in [6, 6.07) is 79.0. The van der Waals surface area contributed by atoms with Gasteiger partial charge in [-0.15, -0.1) is 87.6 Å². The third-order valence-electron chi connectivity index (χ3n) is 31.9. The van der Waals surface area contributed by atoms with E-state index in [2.05, 4.69) is 295 Å². The molecule has 0 aliphatic rings. The number of aromatic nitrogens is 3. The Morgan fingerprint density at radius 2 is 0.606 bits per heavy atom. The first-order valence-electron chi connectivity index (χ1n) is 51.2. The Bertz CT molecular complexity index is 6920. The molecule has 12 aromatic carbocycles. The molecule has 15 rings (SSSR count). The van der Waals surface area contributed by atoms with E-state index in [-0.39, 0.29) is 133 Å². The Labute approximate surface area is 892 Å². The van der Waals surface area contributed by atoms with Crippen LogP contribution in [-0.2, 0) is 80.1 Å². The van der Waals surface area contributed by atoms with Gasteiger partial charge >= 0.3 is 0 Å². The summed E-state index contributed by atoms with van der Waals surface area (Å²) in [5, 5.41) is 54.2. The topological polar surface area (TPSA) is 151 Å². The van der Waals surface area contributed by atoms with E-state index >= 15 is 0 Å². The van der Waals surface area contributed by atoms with Gasteiger partial charge in [0.1, 0.15) is 17.3 Å². The molecule has 0 bridgehead atoms. The summed E-state index contributed by atoms with van der Waals surface area (Å²) < 4.78 is 0. The third kappa shape index (κ3) is 26.7. The number of hydrogen-bond acceptors (Lipinski definition) is 9. The van der Waals surface area contributed by atoms with Crippen molar-refractivity contribution in [1.82, 2.24) is 15.0 Å². The molecule has 0 amide bonds. The van der Waals surface area contributed by atoms with Crippen LogP contribution in [0.25, 0.3) is 131 Å². The quantitative estimate of drug-likeness (QED) is 0.0158. The maximum Gasteiger partial charge on any atom is 0.164 e. The predicted octanol–water partition coefficient (Wildman–Crippen LogP) is 36.5. The number of hydrogen-bond donors (Lipinski definition) is 3. The fourth-order valence-electron chi connectivity index (χ4n) is 18.2. The third-order valence-corrected chi connectivity index (χ3v) is 33.9. The molecule has 0 saturated heterocycles. The Hall–Kier alpha value is -9.78. The Morgan fingerprint density at radius 3 is 0.958 bits per heavy atom. The van der Waals surface area contributed by atoms with Gasteiger partial charge < -0.3 is 15.3 Å². The molecule has 0 aliphatic carbocycles. The number of rotatable bonds is 26. The number of aryl methyl sites for hydroxylation is 5. The van der Waals surface area contributed by atoms with Gasteiger partial charge in [-0.1, -0.05) is 339 Å². The summed E-state index contributed by atoms with van der Waals surface area (Å²) in [7, 11) is -1.55. The molecule has 0 unspecified atom stereocenters. The second kappa shape index (κ2) is 50.4. The molecule has 9 nitrogen and oxygen atoms in total. The maximum atomic E-state index is 12.2. The molecule has 15 aromatic rings. The van der Waals surface area contributed by atoms with Crippen LogP contribution in [-0.4, -0.2) is 55.7 Å². The molecule has 759 valence electrons. The second-order valence-corrected chi connectivity index (χ2v) is 47.9. The van der Waals surface area contributed by atoms with Gasteiger partial charge in [-0.3, -0.25) is 29.3 Å². The number of allylic oxidation sites excluding steroid dienone is 6. The molecule has 3 radical (unpaired) electrons. The minimum absolute atomic E-state index is 0. The Morgan fingerprint density at radius 1 is 0.310 bits per heavy atom. The van der Waals surface area contributed by atoms with E-state index in [0.717, 1.165) is 122 Å². The van der Waals surface area contributed by atoms with Crippen molar-refractivity contribution in [2.45, 2.75) is 302 Å². The zero-order chi connectivity index (χ0) is 102. The predicted molar refractivity (Wildman–Crippen MR) is 602 cm³/mol. The first-order valence-corrected chi connectivity index (χ1v) is 54.7. The number of aliphatic hydroxyl groups excluding tert-OH is 3. The van der Waals surface area contributed by atoms with Gasteiger partial charge in [0.2, 0.25) is 0 Å². The number of carbonyl (C=O) groups is 3. The normalized spacial score (nSPS) is 12.4. The van der Waals surface area contributed by atoms with Crippen molar-refractivity contribution in [3.63, 3.8) is 0 Å². The first-order chi connectivity index (χ1) is 65.6. The van der Waals surface area contributed by atoms with Crippen LogP contribution in [0.3, 0.4) is 0 Å². The fraction of sp³-hybridized carbons (Fsp3) is 0.395. The molecule has 0 saturated carbocycles. The summed E-state index contributed by atoms with van der Waals surface area (Å²) in [6.07, 6.45) is 20.1. The van der Waals surface area contributed by atoms with E-state index < -0.39 is 8.07 Å². The zero-order valence-corrected chi connectivity index (χ0v) is 99.0. The van der Waals surface area contributed by atoms with Gasteiger partial charge in [-0.25, -0.2) is 0 Å². The van der Waals surface area contributed by atoms with Crippen LogP contribution in [0, 0.1) is 85.3 Å². The summed E-state index contributed by atoms with van der Waals surface area (Å²) in [5.74, 6) is 1.38. The standard InChI is InChI=1S/C30H30NSi.C29H26N.C25H18N.3C15H28O2.3Ir/c1-19(2)27-17-22-11-12-26-25(28(22)15-20(27)3)13-14-31-30(26)23-16-21-9-7-8-10-24(21)29(18-23)32(4,5)6;1-18-14-21-10-11-25-24(26(21)15-19(18)2)12-13-30-28(25)22-16-20-8-6-7-9-23(20)27(17-22)29(3,4)5;1-16-13-20-9-10-23-22(24(20)14-17(16)2)11-12-26-25(23)21-8-7-18-5-3-4-6-19(18)15-21;3*1-7-14(5,8-2)12(16)11-13(17)15(6,9-3)10-4;;;/h7-15,17-19H,1-6H3;6-15,17H,1-5H3;3-14H,1-2H3;3*11,16H,7-10H2,1-6H3;;;/q3*-1;;;;;;. The molecule has 3 N–H and O–H groups in total. The number of pyridine rings is 3. The van der Waals surface area contributed by atoms with Crippen LogP contribution in [0.2, 0.25) is 19.6 Å². The van der Waals surface area contributed by atoms with Gasteiger partial charge in [-0.05, 0) is 239 Å². The number of benzene rings is 12. The number of fused-ring (bicyclic) bond motifs is 12. The van der Waals surface area contributed by atoms with Crippen LogP contribution >= 0.6 is 0 Å². The van der Waals surface area contributed by atoms with Gasteiger partial charge in [0.05, 0.1) is 8.07 Å². The number of nitrogens with zero attached hydrogens (tertiary/aromatic N) is 3. The summed E-state index contributed by atoms with van der Waals surface area (Å²) in [5.41, 5.74) is 13.9. The first kappa shape index (κ1) is 119. The minimum Gasteiger partial charge on any atom is -0.512 e. The van der Waals surface area contributed by atoms with Gasteiger partial charge in [0.25, 0.3) is 0 Å². The molecule has 0 atom stereocenters. The number of carbonyl (C=O) groups excluding carboxylic acids is 3. The molecular weight excluding hydrogens is 2290 g/mol. The largest absolute Gasteiger partial charge is 0.512 e. The summed E-state index contributed by atoms with van der Waals surface area (Å²) >= 11 is 0. The van der Waals surface area contributed by atoms with Gasteiger partial charge in [0.15, 0.2) is 17.3 Å². The number of ketones is 3. The summed E-state index contributed by atoms with van der Waals surface area (Å²) in [6.45, 7) is 65.8. The van der Waals surface area contributed by atoms with Crippen molar-refractivity contribution in [2.24, 2.45) is 32.5 Å². The van der Waals surface area contributed by atoms with Crippen molar-refractivity contribution >= 4 is 128 Å². The average Bonchev–Trinajstić information content (AvgIpc) is 0.757. The number of aliphatic hydroxyl groups is 3. The molecule has 13 heteroatoms. The van der Waals surface area contributed by atoms with E-state index in [0.29, 0.717) is 5.92 Å². The van der Waals surface area contributed by atoms with Crippen molar-refractivity contribution < 1.29 is 90.0 Å². The van der Waals surface area contributed by atoms with Gasteiger partial charge in [-0.2, -0.15) is 0 Å². The average molecular weight is 2450 g/mol. The van der Waals surface area contributed by atoms with E-state index in [1.165, 1.54) is 149 Å². The van der Waals surface area contributed by atoms with E-state index in [1.807, 2.05) is 143 Å². The van der Waals surface area contributed by atoms with Crippen LogP contribution in [0.4, 0.5) is 0 Å². The fourth-order valence-corrected chi connectivity index (χ4v) is 19.8. The molecule has 3 heterocycles. The van der Waals surface area contributed by atoms with Crippen molar-refractivity contribution in [3.8, 4) is 33.8 Å². The van der Waals surface area contributed by atoms with Crippen LogP contribution in [0.5, 0.6) is 0 Å². The van der Waals surface area contributed by atoms with Gasteiger partial charge in [0, 0.05) is 147 Å². The summed E-state index contributed by atoms with van der Waals surface area (Å²) in [4.78, 5) is 50.9. The smallest absolute Gasteiger partial charge is 0.164 e. The van der Waals surface area contributed by atoms with Crippen molar-refractivity contribution in [1.29, 1.82) is 0 Å². The molecule has 3 aromatic heterocycles. The molecule has 0 fully saturated rings. The van der Waals surface area contributed by atoms with Crippen LogP contribution in [0.15, 0.2) is 242 Å². The maximum absolute atomic E-state index is 12.2. The van der Waals surface area contributed by atoms with Crippen molar-refractivity contribution in [3.05, 3.63) is 299 Å². The van der Waals surface area contributed by atoms with Crippen molar-refractivity contribution in [2.75, 3.05) is 0 Å². The Kier molecular flexibility index (Phi) is 42.3. The van der Waals surface area contributed by atoms with Crippen LogP contribution in [0.1, 0.15) is 281 Å². The molecule has 142 heavy (non-hydrogen) atoms. The molecular formula is C129H158Ir3N3O6Si-3. The second-order valence-electron chi connectivity index (χ2n) is 42.9. The SMILES string of the molecule is CCC(C)(CC)C(=O)C=C(O)C(C)(CC)CC.CCC(C)(CC)C(=O)C=C(O)C(C)(CC)CC.CCC(C)(CC)C(=O)C=C(O)C(C)(CC)CC.Cc1cc2c(ccc3c(-c4[c-]c5ccccc5c([Si](C)(C)C)c4)nccc32)cc1C(C)C.Cc1cc2ccc3c(-c4[c-]c5ccccc5c(C(C)(C)C)c4)nccc3c2cc1C.Cc1cc2ccc3c(-c4[c-]c5ccccc5cc4)nccc3c2cc1C.[Ir].[Ir].[Ir]. The van der Waals surface area contributed by atoms with E-state index in [4.69, 9.17) is 15.0 Å². The minimum atomic E-state index is -1.55. The zero-order valence-electron chi connectivity index (χ0n) is 90.8. The molecule has 0 spiro atoms.